The van der Waals surface area contributed by atoms with Gasteiger partial charge in [0.05, 0.1) is 11.0 Å². The number of carbonyl (C=O) groups is 1. The lowest BCUT2D eigenvalue weighted by atomic mass is 10.5. The summed E-state index contributed by atoms with van der Waals surface area (Å²) in [5, 5.41) is 7.06. The van der Waals surface area contributed by atoms with Gasteiger partial charge in [0.2, 0.25) is 0 Å². The molecule has 1 aromatic rings. The van der Waals surface area contributed by atoms with Gasteiger partial charge in [0, 0.05) is 25.8 Å². The summed E-state index contributed by atoms with van der Waals surface area (Å²) in [6.45, 7) is 2.97. The molecule has 82 valence electrons. The van der Waals surface area contributed by atoms with Crippen LogP contribution in [0.5, 0.6) is 0 Å². The van der Waals surface area contributed by atoms with Crippen LogP contribution in [-0.2, 0) is 6.54 Å². The van der Waals surface area contributed by atoms with Gasteiger partial charge >= 0.3 is 6.03 Å². The van der Waals surface area contributed by atoms with Crippen LogP contribution in [0.4, 0.5) is 4.79 Å². The minimum atomic E-state index is 0.0240. The van der Waals surface area contributed by atoms with Gasteiger partial charge in [0.1, 0.15) is 3.70 Å². The van der Waals surface area contributed by atoms with Crippen LogP contribution in [-0.4, -0.2) is 40.3 Å². The van der Waals surface area contributed by atoms with Gasteiger partial charge in [-0.3, -0.25) is 4.68 Å². The van der Waals surface area contributed by atoms with Crippen LogP contribution in [0.1, 0.15) is 0 Å². The number of hydrogen-bond acceptors (Lipinski definition) is 2. The van der Waals surface area contributed by atoms with Crippen LogP contribution < -0.4 is 5.32 Å². The van der Waals surface area contributed by atoms with Crippen molar-refractivity contribution in [2.75, 3.05) is 19.6 Å². The van der Waals surface area contributed by atoms with Crippen LogP contribution in [0.15, 0.2) is 10.7 Å². The third-order valence-corrected chi connectivity index (χ3v) is 4.34. The first-order valence-electron chi connectivity index (χ1n) is 4.58. The number of urea groups is 1. The summed E-state index contributed by atoms with van der Waals surface area (Å²) in [5.41, 5.74) is 0. The Kier molecular flexibility index (Phi) is 3.49. The molecule has 1 fully saturated rings. The summed E-state index contributed by atoms with van der Waals surface area (Å²) in [7, 11) is 0. The molecular weight excluding hydrogens is 375 g/mol. The molecule has 0 spiro atoms. The molecule has 5 nitrogen and oxygen atoms in total. The second kappa shape index (κ2) is 4.69. The summed E-state index contributed by atoms with van der Waals surface area (Å²) < 4.78 is 3.78. The van der Waals surface area contributed by atoms with E-state index in [0.29, 0.717) is 6.54 Å². The van der Waals surface area contributed by atoms with E-state index in [2.05, 4.69) is 48.9 Å². The molecule has 0 unspecified atom stereocenters. The van der Waals surface area contributed by atoms with Crippen LogP contribution in [0.2, 0.25) is 0 Å². The maximum atomic E-state index is 11.2. The number of aromatic nitrogens is 2. The monoisotopic (exact) mass is 384 g/mol. The van der Waals surface area contributed by atoms with E-state index in [0.717, 1.165) is 27.8 Å². The van der Waals surface area contributed by atoms with Crippen LogP contribution in [0, 0.1) is 3.70 Å². The van der Waals surface area contributed by atoms with E-state index < -0.39 is 0 Å². The SMILES string of the molecule is O=C1NCCN1CCn1cc(Br)c(I)n1. The minimum absolute atomic E-state index is 0.0240. The van der Waals surface area contributed by atoms with Gasteiger partial charge < -0.3 is 10.2 Å². The quantitative estimate of drug-likeness (QED) is 0.798. The highest BCUT2D eigenvalue weighted by molar-refractivity contribution is 14.1. The summed E-state index contributed by atoms with van der Waals surface area (Å²) >= 11 is 5.56. The van der Waals surface area contributed by atoms with E-state index >= 15 is 0 Å². The number of amides is 2. The molecule has 1 aliphatic rings. The fourth-order valence-electron chi connectivity index (χ4n) is 1.44. The average Bonchev–Trinajstić information content (AvgIpc) is 2.72. The molecule has 0 aromatic carbocycles. The van der Waals surface area contributed by atoms with E-state index in [4.69, 9.17) is 0 Å². The van der Waals surface area contributed by atoms with E-state index in [1.165, 1.54) is 0 Å². The maximum absolute atomic E-state index is 11.2. The Balaban J connectivity index is 1.90. The van der Waals surface area contributed by atoms with E-state index in [9.17, 15) is 4.79 Å². The normalized spacial score (nSPS) is 15.9. The number of halogens is 2. The molecular formula is C8H10BrIN4O. The van der Waals surface area contributed by atoms with Crippen molar-refractivity contribution in [3.63, 3.8) is 0 Å². The maximum Gasteiger partial charge on any atom is 0.317 e. The van der Waals surface area contributed by atoms with Gasteiger partial charge in [0.15, 0.2) is 0 Å². The number of nitrogens with one attached hydrogen (secondary N) is 1. The Labute approximate surface area is 109 Å². The zero-order chi connectivity index (χ0) is 10.8. The molecule has 7 heteroatoms. The first-order valence-corrected chi connectivity index (χ1v) is 6.45. The van der Waals surface area contributed by atoms with Gasteiger partial charge in [-0.05, 0) is 38.5 Å². The molecule has 2 amide bonds. The lowest BCUT2D eigenvalue weighted by Crippen LogP contribution is -2.31. The summed E-state index contributed by atoms with van der Waals surface area (Å²) in [6, 6.07) is 0.0240. The Morgan fingerprint density at radius 2 is 2.40 bits per heavy atom. The number of nitrogens with zero attached hydrogens (tertiary/aromatic N) is 3. The lowest BCUT2D eigenvalue weighted by Gasteiger charge is -2.13. The predicted octanol–water partition coefficient (Wildman–Crippen LogP) is 1.28. The zero-order valence-corrected chi connectivity index (χ0v) is 11.7. The Bertz CT molecular complexity index is 361. The highest BCUT2D eigenvalue weighted by Gasteiger charge is 2.18. The topological polar surface area (TPSA) is 50.2 Å². The number of carbonyl (C=O) groups excluding carboxylic acids is 1. The first kappa shape index (κ1) is 11.2. The highest BCUT2D eigenvalue weighted by atomic mass is 127. The third kappa shape index (κ3) is 2.63. The van der Waals surface area contributed by atoms with E-state index in [1.54, 1.807) is 4.90 Å². The third-order valence-electron chi connectivity index (χ3n) is 2.22. The van der Waals surface area contributed by atoms with Crippen molar-refractivity contribution in [2.24, 2.45) is 0 Å². The molecule has 1 aliphatic heterocycles. The number of rotatable bonds is 3. The lowest BCUT2D eigenvalue weighted by molar-refractivity contribution is 0.215. The molecule has 1 N–H and O–H groups in total. The summed E-state index contributed by atoms with van der Waals surface area (Å²) in [4.78, 5) is 13.0. The first-order chi connectivity index (χ1) is 7.16. The zero-order valence-electron chi connectivity index (χ0n) is 7.91. The van der Waals surface area contributed by atoms with Crippen LogP contribution in [0.3, 0.4) is 0 Å². The Morgan fingerprint density at radius 3 is 2.93 bits per heavy atom. The van der Waals surface area contributed by atoms with Gasteiger partial charge in [0.25, 0.3) is 0 Å². The smallest absolute Gasteiger partial charge is 0.317 e. The summed E-state index contributed by atoms with van der Waals surface area (Å²) in [6.07, 6.45) is 1.93. The molecule has 0 saturated carbocycles. The molecule has 15 heavy (non-hydrogen) atoms. The van der Waals surface area contributed by atoms with E-state index in [1.807, 2.05) is 10.9 Å². The molecule has 1 aromatic heterocycles. The molecule has 1 saturated heterocycles. The van der Waals surface area contributed by atoms with Crippen molar-refractivity contribution < 1.29 is 4.79 Å². The predicted molar refractivity (Wildman–Crippen MR) is 67.6 cm³/mol. The molecule has 0 aliphatic carbocycles. The van der Waals surface area contributed by atoms with Gasteiger partial charge in [-0.2, -0.15) is 5.10 Å². The Hall–Kier alpha value is -0.310. The molecule has 2 rings (SSSR count). The largest absolute Gasteiger partial charge is 0.336 e. The Morgan fingerprint density at radius 1 is 1.60 bits per heavy atom. The molecule has 0 bridgehead atoms. The van der Waals surface area contributed by atoms with Gasteiger partial charge in [-0.15, -0.1) is 0 Å². The molecule has 0 atom stereocenters. The number of hydrogen-bond donors (Lipinski definition) is 1. The van der Waals surface area contributed by atoms with Crippen molar-refractivity contribution in [1.29, 1.82) is 0 Å². The van der Waals surface area contributed by atoms with Gasteiger partial charge in [-0.1, -0.05) is 0 Å². The van der Waals surface area contributed by atoms with Crippen molar-refractivity contribution in [3.8, 4) is 0 Å². The van der Waals surface area contributed by atoms with Crippen LogP contribution >= 0.6 is 38.5 Å². The molecule has 2 heterocycles. The van der Waals surface area contributed by atoms with Crippen LogP contribution in [0.25, 0.3) is 0 Å². The van der Waals surface area contributed by atoms with Crippen molar-refractivity contribution in [3.05, 3.63) is 14.4 Å². The fraction of sp³-hybridized carbons (Fsp3) is 0.500. The standard InChI is InChI=1S/C8H10BrIN4O/c9-6-5-14(12-7(6)10)4-3-13-2-1-11-8(13)15/h5H,1-4H2,(H,11,15). The van der Waals surface area contributed by atoms with Crippen molar-refractivity contribution in [1.82, 2.24) is 20.0 Å². The van der Waals surface area contributed by atoms with Crippen molar-refractivity contribution >= 4 is 44.6 Å². The minimum Gasteiger partial charge on any atom is -0.336 e. The van der Waals surface area contributed by atoms with Gasteiger partial charge in [-0.25, -0.2) is 4.79 Å². The average molecular weight is 385 g/mol. The van der Waals surface area contributed by atoms with E-state index in [-0.39, 0.29) is 6.03 Å². The summed E-state index contributed by atoms with van der Waals surface area (Å²) in [5.74, 6) is 0. The second-order valence-electron chi connectivity index (χ2n) is 3.25. The second-order valence-corrected chi connectivity index (χ2v) is 5.13. The fourth-order valence-corrected chi connectivity index (χ4v) is 2.17. The highest BCUT2D eigenvalue weighted by Crippen LogP contribution is 2.16. The molecule has 0 radical (unpaired) electrons. The van der Waals surface area contributed by atoms with Crippen molar-refractivity contribution in [2.45, 2.75) is 6.54 Å².